The first-order chi connectivity index (χ1) is 9.89. The van der Waals surface area contributed by atoms with Gasteiger partial charge in [-0.25, -0.2) is 4.98 Å². The molecule has 0 spiro atoms. The zero-order valence-electron chi connectivity index (χ0n) is 12.4. The fourth-order valence-corrected chi connectivity index (χ4v) is 2.84. The Morgan fingerprint density at radius 2 is 2.29 bits per heavy atom. The first-order valence-corrected chi connectivity index (χ1v) is 7.67. The van der Waals surface area contributed by atoms with Crippen LogP contribution in [0.15, 0.2) is 28.4 Å². The molecule has 0 saturated carbocycles. The summed E-state index contributed by atoms with van der Waals surface area (Å²) in [6.07, 6.45) is 3.87. The van der Waals surface area contributed by atoms with Crippen LogP contribution >= 0.6 is 11.3 Å². The number of rotatable bonds is 5. The fraction of sp³-hybridized carbons (Fsp3) is 0.467. The fourth-order valence-electron chi connectivity index (χ4n) is 2.06. The van der Waals surface area contributed by atoms with Crippen molar-refractivity contribution < 1.29 is 14.3 Å². The quantitative estimate of drug-likeness (QED) is 0.890. The van der Waals surface area contributed by atoms with Crippen LogP contribution in [-0.2, 0) is 0 Å². The average Bonchev–Trinajstić information content (AvgIpc) is 3.06. The summed E-state index contributed by atoms with van der Waals surface area (Å²) < 4.78 is 5.01. The van der Waals surface area contributed by atoms with Crippen LogP contribution in [0.25, 0.3) is 10.6 Å². The minimum atomic E-state index is -0.267. The van der Waals surface area contributed by atoms with Gasteiger partial charge in [0.1, 0.15) is 17.0 Å². The zero-order valence-corrected chi connectivity index (χ0v) is 13.2. The lowest BCUT2D eigenvalue weighted by Crippen LogP contribution is -2.40. The van der Waals surface area contributed by atoms with E-state index in [9.17, 15) is 9.90 Å². The van der Waals surface area contributed by atoms with Gasteiger partial charge in [0.15, 0.2) is 0 Å². The number of hydrogen-bond donors (Lipinski definition) is 2. The second kappa shape index (κ2) is 6.41. The molecule has 0 aliphatic rings. The summed E-state index contributed by atoms with van der Waals surface area (Å²) in [5.74, 6) is -0.260. The zero-order chi connectivity index (χ0) is 15.5. The second-order valence-corrected chi connectivity index (χ2v) is 7.03. The standard InChI is InChI=1S/C15H20N2O3S/c1-15(2,3)6-11(7-18)16-13(19)12-9-21-14(17-12)10-4-5-20-8-10/h4-5,8-9,11,18H,6-7H2,1-3H3,(H,16,19)/t11-/m1/s1. The van der Waals surface area contributed by atoms with Crippen LogP contribution < -0.4 is 5.32 Å². The van der Waals surface area contributed by atoms with Crippen LogP contribution in [0.1, 0.15) is 37.7 Å². The number of aromatic nitrogens is 1. The molecule has 1 amide bonds. The molecule has 21 heavy (non-hydrogen) atoms. The third-order valence-electron chi connectivity index (χ3n) is 2.92. The van der Waals surface area contributed by atoms with E-state index in [1.165, 1.54) is 11.3 Å². The highest BCUT2D eigenvalue weighted by atomic mass is 32.1. The molecular weight excluding hydrogens is 288 g/mol. The molecule has 0 radical (unpaired) electrons. The highest BCUT2D eigenvalue weighted by molar-refractivity contribution is 7.13. The predicted octanol–water partition coefficient (Wildman–Crippen LogP) is 2.93. The van der Waals surface area contributed by atoms with Gasteiger partial charge in [-0.15, -0.1) is 11.3 Å². The summed E-state index contributed by atoms with van der Waals surface area (Å²) in [5, 5.41) is 14.7. The molecule has 1 atom stereocenters. The third-order valence-corrected chi connectivity index (χ3v) is 3.81. The maximum Gasteiger partial charge on any atom is 0.271 e. The Labute approximate surface area is 128 Å². The second-order valence-electron chi connectivity index (χ2n) is 6.17. The van der Waals surface area contributed by atoms with Gasteiger partial charge in [-0.1, -0.05) is 20.8 Å². The molecule has 0 fully saturated rings. The van der Waals surface area contributed by atoms with Gasteiger partial charge in [0.2, 0.25) is 0 Å². The van der Waals surface area contributed by atoms with E-state index >= 15 is 0 Å². The Hall–Kier alpha value is -1.66. The molecule has 2 N–H and O–H groups in total. The van der Waals surface area contributed by atoms with Crippen molar-refractivity contribution in [2.75, 3.05) is 6.61 Å². The molecule has 0 aliphatic heterocycles. The van der Waals surface area contributed by atoms with E-state index < -0.39 is 0 Å². The average molecular weight is 308 g/mol. The minimum Gasteiger partial charge on any atom is -0.472 e. The molecule has 2 heterocycles. The van der Waals surface area contributed by atoms with Crippen LogP contribution in [0.2, 0.25) is 0 Å². The normalized spacial score (nSPS) is 13.1. The largest absolute Gasteiger partial charge is 0.472 e. The van der Waals surface area contributed by atoms with Crippen LogP contribution in [0, 0.1) is 5.41 Å². The van der Waals surface area contributed by atoms with Crippen molar-refractivity contribution in [1.82, 2.24) is 10.3 Å². The van der Waals surface area contributed by atoms with Crippen LogP contribution in [0.5, 0.6) is 0 Å². The lowest BCUT2D eigenvalue weighted by molar-refractivity contribution is 0.0893. The van der Waals surface area contributed by atoms with Gasteiger partial charge in [0, 0.05) is 10.9 Å². The van der Waals surface area contributed by atoms with E-state index in [-0.39, 0.29) is 24.0 Å². The van der Waals surface area contributed by atoms with Crippen molar-refractivity contribution in [2.45, 2.75) is 33.2 Å². The van der Waals surface area contributed by atoms with Gasteiger partial charge >= 0.3 is 0 Å². The van der Waals surface area contributed by atoms with Crippen molar-refractivity contribution in [3.8, 4) is 10.6 Å². The monoisotopic (exact) mass is 308 g/mol. The number of furan rings is 1. The van der Waals surface area contributed by atoms with Gasteiger partial charge < -0.3 is 14.8 Å². The Bertz CT molecular complexity index is 584. The van der Waals surface area contributed by atoms with E-state index in [1.807, 2.05) is 0 Å². The lowest BCUT2D eigenvalue weighted by atomic mass is 9.88. The number of aliphatic hydroxyl groups excluding tert-OH is 1. The Balaban J connectivity index is 2.03. The summed E-state index contributed by atoms with van der Waals surface area (Å²) in [5.41, 5.74) is 1.25. The first-order valence-electron chi connectivity index (χ1n) is 6.79. The number of nitrogens with one attached hydrogen (secondary N) is 1. The summed E-state index contributed by atoms with van der Waals surface area (Å²) in [7, 11) is 0. The van der Waals surface area contributed by atoms with Gasteiger partial charge in [0.05, 0.1) is 18.9 Å². The van der Waals surface area contributed by atoms with Gasteiger partial charge in [-0.2, -0.15) is 0 Å². The summed E-state index contributed by atoms with van der Waals surface area (Å²) in [4.78, 5) is 16.5. The Morgan fingerprint density at radius 3 is 2.86 bits per heavy atom. The van der Waals surface area contributed by atoms with Crippen LogP contribution in [-0.4, -0.2) is 28.6 Å². The van der Waals surface area contributed by atoms with Gasteiger partial charge in [-0.05, 0) is 17.9 Å². The predicted molar refractivity (Wildman–Crippen MR) is 82.2 cm³/mol. The molecule has 0 bridgehead atoms. The maximum atomic E-state index is 12.2. The van der Waals surface area contributed by atoms with E-state index in [4.69, 9.17) is 4.42 Å². The van der Waals surface area contributed by atoms with E-state index in [1.54, 1.807) is 24.0 Å². The Morgan fingerprint density at radius 1 is 1.52 bits per heavy atom. The minimum absolute atomic E-state index is 0.0324. The van der Waals surface area contributed by atoms with Crippen LogP contribution in [0.3, 0.4) is 0 Å². The van der Waals surface area contributed by atoms with Crippen molar-refractivity contribution in [2.24, 2.45) is 5.41 Å². The Kier molecular flexibility index (Phi) is 4.80. The summed E-state index contributed by atoms with van der Waals surface area (Å²) >= 11 is 1.39. The van der Waals surface area contributed by atoms with Gasteiger partial charge in [-0.3, -0.25) is 4.79 Å². The molecule has 2 aromatic rings. The number of aliphatic hydroxyl groups is 1. The molecule has 0 aliphatic carbocycles. The number of carbonyl (C=O) groups excluding carboxylic acids is 1. The van der Waals surface area contributed by atoms with Crippen molar-refractivity contribution in [3.05, 3.63) is 29.7 Å². The third kappa shape index (κ3) is 4.41. The number of thiazole rings is 1. The number of amides is 1. The molecule has 0 unspecified atom stereocenters. The van der Waals surface area contributed by atoms with Crippen molar-refractivity contribution >= 4 is 17.2 Å². The number of carbonyl (C=O) groups is 1. The highest BCUT2D eigenvalue weighted by Crippen LogP contribution is 2.24. The topological polar surface area (TPSA) is 75.4 Å². The SMILES string of the molecule is CC(C)(C)C[C@H](CO)NC(=O)c1csc(-c2ccoc2)n1. The number of nitrogens with zero attached hydrogens (tertiary/aromatic N) is 1. The molecule has 0 aromatic carbocycles. The van der Waals surface area contributed by atoms with Crippen molar-refractivity contribution in [1.29, 1.82) is 0 Å². The van der Waals surface area contributed by atoms with E-state index in [0.717, 1.165) is 10.6 Å². The first kappa shape index (κ1) is 15.7. The summed E-state index contributed by atoms with van der Waals surface area (Å²) in [6, 6.07) is 1.54. The smallest absolute Gasteiger partial charge is 0.271 e. The maximum absolute atomic E-state index is 12.2. The molecule has 0 saturated heterocycles. The van der Waals surface area contributed by atoms with Gasteiger partial charge in [0.25, 0.3) is 5.91 Å². The number of hydrogen-bond acceptors (Lipinski definition) is 5. The van der Waals surface area contributed by atoms with E-state index in [0.29, 0.717) is 12.1 Å². The van der Waals surface area contributed by atoms with E-state index in [2.05, 4.69) is 31.1 Å². The molecule has 2 rings (SSSR count). The van der Waals surface area contributed by atoms with Crippen LogP contribution in [0.4, 0.5) is 0 Å². The lowest BCUT2D eigenvalue weighted by Gasteiger charge is -2.25. The molecular formula is C15H20N2O3S. The molecule has 114 valence electrons. The molecule has 5 nitrogen and oxygen atoms in total. The molecule has 2 aromatic heterocycles. The highest BCUT2D eigenvalue weighted by Gasteiger charge is 2.21. The molecule has 6 heteroatoms. The summed E-state index contributed by atoms with van der Waals surface area (Å²) in [6.45, 7) is 6.13. The van der Waals surface area contributed by atoms with Crippen molar-refractivity contribution in [3.63, 3.8) is 0 Å².